The van der Waals surface area contributed by atoms with Gasteiger partial charge in [0.2, 0.25) is 0 Å². The van der Waals surface area contributed by atoms with E-state index in [-0.39, 0.29) is 5.97 Å². The van der Waals surface area contributed by atoms with Crippen LogP contribution in [0.2, 0.25) is 0 Å². The zero-order valence-electron chi connectivity index (χ0n) is 11.1. The highest BCUT2D eigenvalue weighted by Gasteiger charge is 2.09. The third-order valence-corrected chi connectivity index (χ3v) is 2.52. The molecule has 0 aliphatic heterocycles. The second-order valence-corrected chi connectivity index (χ2v) is 3.60. The van der Waals surface area contributed by atoms with Crippen LogP contribution in [-0.2, 0) is 9.53 Å². The first-order valence-electron chi connectivity index (χ1n) is 5.70. The summed E-state index contributed by atoms with van der Waals surface area (Å²) < 4.78 is 15.3. The molecule has 1 aromatic rings. The molecule has 0 atom stereocenters. The Morgan fingerprint density at radius 2 is 2.00 bits per heavy atom. The number of hydrogen-bond acceptors (Lipinski definition) is 4. The first-order chi connectivity index (χ1) is 8.63. The van der Waals surface area contributed by atoms with Gasteiger partial charge in [-0.25, -0.2) is 4.79 Å². The van der Waals surface area contributed by atoms with Gasteiger partial charge in [-0.1, -0.05) is 6.07 Å². The van der Waals surface area contributed by atoms with E-state index in [1.165, 1.54) is 6.08 Å². The van der Waals surface area contributed by atoms with Gasteiger partial charge >= 0.3 is 5.97 Å². The molecule has 18 heavy (non-hydrogen) atoms. The molecule has 98 valence electrons. The SMILES string of the molecule is CCOC(=O)C=Cc1ccc(OC)c(OC)c1C. The maximum Gasteiger partial charge on any atom is 0.330 e. The van der Waals surface area contributed by atoms with Crippen molar-refractivity contribution in [3.05, 3.63) is 29.3 Å². The van der Waals surface area contributed by atoms with E-state index in [9.17, 15) is 4.79 Å². The van der Waals surface area contributed by atoms with Crippen LogP contribution in [0.3, 0.4) is 0 Å². The molecule has 0 N–H and O–H groups in total. The van der Waals surface area contributed by atoms with Crippen molar-refractivity contribution in [2.45, 2.75) is 13.8 Å². The van der Waals surface area contributed by atoms with E-state index in [1.54, 1.807) is 33.3 Å². The Balaban J connectivity index is 3.01. The van der Waals surface area contributed by atoms with Crippen LogP contribution in [0.15, 0.2) is 18.2 Å². The van der Waals surface area contributed by atoms with Crippen molar-refractivity contribution < 1.29 is 19.0 Å². The summed E-state index contributed by atoms with van der Waals surface area (Å²) in [6.07, 6.45) is 3.10. The van der Waals surface area contributed by atoms with E-state index >= 15 is 0 Å². The minimum absolute atomic E-state index is 0.355. The van der Waals surface area contributed by atoms with Crippen molar-refractivity contribution in [2.75, 3.05) is 20.8 Å². The summed E-state index contributed by atoms with van der Waals surface area (Å²) in [6.45, 7) is 4.05. The smallest absolute Gasteiger partial charge is 0.330 e. The molecule has 0 aliphatic rings. The van der Waals surface area contributed by atoms with Crippen LogP contribution in [0, 0.1) is 6.92 Å². The number of carbonyl (C=O) groups is 1. The molecule has 0 bridgehead atoms. The molecule has 0 saturated carbocycles. The Bertz CT molecular complexity index is 449. The Kier molecular flexibility index (Phi) is 5.24. The van der Waals surface area contributed by atoms with E-state index in [0.29, 0.717) is 18.1 Å². The van der Waals surface area contributed by atoms with Crippen molar-refractivity contribution >= 4 is 12.0 Å². The molecule has 0 unspecified atom stereocenters. The Labute approximate surface area is 107 Å². The van der Waals surface area contributed by atoms with Crippen LogP contribution >= 0.6 is 0 Å². The molecule has 0 aromatic heterocycles. The van der Waals surface area contributed by atoms with Crippen LogP contribution in [0.4, 0.5) is 0 Å². The lowest BCUT2D eigenvalue weighted by atomic mass is 10.1. The molecular weight excluding hydrogens is 232 g/mol. The molecule has 1 rings (SSSR count). The van der Waals surface area contributed by atoms with Gasteiger partial charge in [0, 0.05) is 11.6 Å². The summed E-state index contributed by atoms with van der Waals surface area (Å²) >= 11 is 0. The number of carbonyl (C=O) groups excluding carboxylic acids is 1. The number of rotatable bonds is 5. The van der Waals surface area contributed by atoms with Gasteiger partial charge in [-0.3, -0.25) is 0 Å². The zero-order chi connectivity index (χ0) is 13.5. The van der Waals surface area contributed by atoms with Gasteiger partial charge in [0.25, 0.3) is 0 Å². The number of esters is 1. The predicted octanol–water partition coefficient (Wildman–Crippen LogP) is 2.59. The fourth-order valence-corrected chi connectivity index (χ4v) is 1.63. The number of methoxy groups -OCH3 is 2. The number of ether oxygens (including phenoxy) is 3. The summed E-state index contributed by atoms with van der Waals surface area (Å²) in [5.41, 5.74) is 1.80. The third kappa shape index (κ3) is 3.26. The van der Waals surface area contributed by atoms with Gasteiger partial charge in [-0.2, -0.15) is 0 Å². The first kappa shape index (κ1) is 14.1. The van der Waals surface area contributed by atoms with Gasteiger partial charge in [-0.05, 0) is 31.6 Å². The van der Waals surface area contributed by atoms with Crippen LogP contribution in [0.5, 0.6) is 11.5 Å². The average molecular weight is 250 g/mol. The Morgan fingerprint density at radius 3 is 2.56 bits per heavy atom. The number of hydrogen-bond donors (Lipinski definition) is 0. The first-order valence-corrected chi connectivity index (χ1v) is 5.70. The molecule has 0 radical (unpaired) electrons. The molecule has 0 heterocycles. The van der Waals surface area contributed by atoms with Crippen molar-refractivity contribution in [1.29, 1.82) is 0 Å². The van der Waals surface area contributed by atoms with Crippen LogP contribution < -0.4 is 9.47 Å². The standard InChI is InChI=1S/C14H18O4/c1-5-18-13(15)9-7-11-6-8-12(16-3)14(17-4)10(11)2/h6-9H,5H2,1-4H3. The molecular formula is C14H18O4. The summed E-state index contributed by atoms with van der Waals surface area (Å²) in [5.74, 6) is 0.985. The van der Waals surface area contributed by atoms with Crippen molar-refractivity contribution in [2.24, 2.45) is 0 Å². The highest BCUT2D eigenvalue weighted by Crippen LogP contribution is 2.33. The van der Waals surface area contributed by atoms with E-state index in [0.717, 1.165) is 11.1 Å². The normalized spacial score (nSPS) is 10.4. The minimum Gasteiger partial charge on any atom is -0.493 e. The molecule has 1 aromatic carbocycles. The molecule has 0 amide bonds. The molecule has 4 nitrogen and oxygen atoms in total. The quantitative estimate of drug-likeness (QED) is 0.595. The van der Waals surface area contributed by atoms with Crippen molar-refractivity contribution in [1.82, 2.24) is 0 Å². The van der Waals surface area contributed by atoms with Gasteiger partial charge in [-0.15, -0.1) is 0 Å². The lowest BCUT2D eigenvalue weighted by Gasteiger charge is -2.12. The monoisotopic (exact) mass is 250 g/mol. The largest absolute Gasteiger partial charge is 0.493 e. The highest BCUT2D eigenvalue weighted by molar-refractivity contribution is 5.87. The fourth-order valence-electron chi connectivity index (χ4n) is 1.63. The summed E-state index contributed by atoms with van der Waals surface area (Å²) in [7, 11) is 3.18. The molecule has 0 aliphatic carbocycles. The van der Waals surface area contributed by atoms with Crippen LogP contribution in [0.25, 0.3) is 6.08 Å². The van der Waals surface area contributed by atoms with Gasteiger partial charge in [0.05, 0.1) is 20.8 Å². The highest BCUT2D eigenvalue weighted by atomic mass is 16.5. The van der Waals surface area contributed by atoms with E-state index in [2.05, 4.69) is 0 Å². The molecule has 4 heteroatoms. The Hall–Kier alpha value is -1.97. The van der Waals surface area contributed by atoms with Gasteiger partial charge in [0.15, 0.2) is 11.5 Å². The zero-order valence-corrected chi connectivity index (χ0v) is 11.1. The number of benzene rings is 1. The maximum absolute atomic E-state index is 11.2. The predicted molar refractivity (Wildman–Crippen MR) is 70.0 cm³/mol. The Morgan fingerprint density at radius 1 is 1.28 bits per heavy atom. The minimum atomic E-state index is -0.355. The van der Waals surface area contributed by atoms with Crippen molar-refractivity contribution in [3.8, 4) is 11.5 Å². The summed E-state index contributed by atoms with van der Waals surface area (Å²) in [5, 5.41) is 0. The molecule has 0 saturated heterocycles. The van der Waals surface area contributed by atoms with Gasteiger partial charge in [0.1, 0.15) is 0 Å². The van der Waals surface area contributed by atoms with Crippen LogP contribution in [-0.4, -0.2) is 26.8 Å². The van der Waals surface area contributed by atoms with Crippen LogP contribution in [0.1, 0.15) is 18.1 Å². The average Bonchev–Trinajstić information content (AvgIpc) is 2.37. The lowest BCUT2D eigenvalue weighted by molar-refractivity contribution is -0.137. The lowest BCUT2D eigenvalue weighted by Crippen LogP contribution is -1.99. The second kappa shape index (κ2) is 6.69. The summed E-state index contributed by atoms with van der Waals surface area (Å²) in [6, 6.07) is 3.67. The third-order valence-electron chi connectivity index (χ3n) is 2.52. The molecule has 0 spiro atoms. The van der Waals surface area contributed by atoms with E-state index in [1.807, 2.05) is 13.0 Å². The van der Waals surface area contributed by atoms with E-state index < -0.39 is 0 Å². The fraction of sp³-hybridized carbons (Fsp3) is 0.357. The van der Waals surface area contributed by atoms with Gasteiger partial charge < -0.3 is 14.2 Å². The maximum atomic E-state index is 11.2. The van der Waals surface area contributed by atoms with E-state index in [4.69, 9.17) is 14.2 Å². The summed E-state index contributed by atoms with van der Waals surface area (Å²) in [4.78, 5) is 11.2. The second-order valence-electron chi connectivity index (χ2n) is 3.60. The topological polar surface area (TPSA) is 44.8 Å². The molecule has 0 fully saturated rings. The van der Waals surface area contributed by atoms with Crippen molar-refractivity contribution in [3.63, 3.8) is 0 Å².